The van der Waals surface area contributed by atoms with Crippen LogP contribution in [-0.4, -0.2) is 15.7 Å². The van der Waals surface area contributed by atoms with E-state index in [4.69, 9.17) is 11.6 Å². The number of hydrogen-bond donors (Lipinski definition) is 1. The third kappa shape index (κ3) is 3.16. The molecule has 1 aromatic heterocycles. The number of nitrogens with one attached hydrogen (secondary N) is 1. The van der Waals surface area contributed by atoms with E-state index >= 15 is 0 Å². The highest BCUT2D eigenvalue weighted by Gasteiger charge is 2.13. The number of nitrogens with zero attached hydrogens (tertiary/aromatic N) is 2. The number of amides is 1. The lowest BCUT2D eigenvalue weighted by atomic mass is 10.3. The van der Waals surface area contributed by atoms with Crippen molar-refractivity contribution >= 4 is 39.1 Å². The molecule has 1 N–H and O–H groups in total. The molecule has 100 valence electrons. The largest absolute Gasteiger partial charge is 0.321 e. The molecule has 0 aliphatic heterocycles. The summed E-state index contributed by atoms with van der Waals surface area (Å²) in [6.45, 7) is 4.46. The first kappa shape index (κ1) is 14.1. The van der Waals surface area contributed by atoms with Crippen LogP contribution >= 0.6 is 27.5 Å². The second kappa shape index (κ2) is 5.75. The summed E-state index contributed by atoms with van der Waals surface area (Å²) in [6, 6.07) is 7.04. The monoisotopic (exact) mass is 341 g/mol. The van der Waals surface area contributed by atoms with E-state index in [-0.39, 0.29) is 5.91 Å². The van der Waals surface area contributed by atoms with E-state index in [0.29, 0.717) is 22.9 Å². The van der Waals surface area contributed by atoms with Crippen LogP contribution in [0.15, 0.2) is 28.7 Å². The molecule has 1 aromatic carbocycles. The Labute approximate surface area is 124 Å². The van der Waals surface area contributed by atoms with Gasteiger partial charge in [0.1, 0.15) is 5.69 Å². The Morgan fingerprint density at radius 2 is 2.21 bits per heavy atom. The van der Waals surface area contributed by atoms with Crippen LogP contribution < -0.4 is 5.32 Å². The van der Waals surface area contributed by atoms with Crippen molar-refractivity contribution in [1.82, 2.24) is 9.78 Å². The zero-order valence-corrected chi connectivity index (χ0v) is 12.9. The quantitative estimate of drug-likeness (QED) is 0.920. The Morgan fingerprint density at radius 3 is 2.84 bits per heavy atom. The second-order valence-electron chi connectivity index (χ2n) is 4.07. The number of carbonyl (C=O) groups is 1. The molecule has 0 atom stereocenters. The first-order valence-corrected chi connectivity index (χ1v) is 6.99. The molecule has 0 aliphatic carbocycles. The van der Waals surface area contributed by atoms with E-state index < -0.39 is 0 Å². The summed E-state index contributed by atoms with van der Waals surface area (Å²) < 4.78 is 2.46. The topological polar surface area (TPSA) is 46.9 Å². The number of aryl methyl sites for hydroxylation is 2. The van der Waals surface area contributed by atoms with E-state index in [1.165, 1.54) is 0 Å². The summed E-state index contributed by atoms with van der Waals surface area (Å²) in [6.07, 6.45) is 0. The first-order chi connectivity index (χ1) is 9.01. The molecule has 6 heteroatoms. The summed E-state index contributed by atoms with van der Waals surface area (Å²) in [4.78, 5) is 12.2. The minimum atomic E-state index is -0.194. The van der Waals surface area contributed by atoms with Crippen LogP contribution in [0.1, 0.15) is 23.1 Å². The van der Waals surface area contributed by atoms with Gasteiger partial charge in [-0.2, -0.15) is 5.10 Å². The minimum absolute atomic E-state index is 0.194. The van der Waals surface area contributed by atoms with Gasteiger partial charge in [-0.3, -0.25) is 9.48 Å². The van der Waals surface area contributed by atoms with Crippen LogP contribution in [-0.2, 0) is 6.54 Å². The van der Waals surface area contributed by atoms with Crippen molar-refractivity contribution < 1.29 is 4.79 Å². The van der Waals surface area contributed by atoms with Gasteiger partial charge in [0.15, 0.2) is 0 Å². The lowest BCUT2D eigenvalue weighted by Crippen LogP contribution is -2.17. The third-order valence-electron chi connectivity index (χ3n) is 2.61. The normalized spacial score (nSPS) is 10.5. The Hall–Kier alpha value is -1.33. The van der Waals surface area contributed by atoms with Gasteiger partial charge in [-0.05, 0) is 54.0 Å². The van der Waals surface area contributed by atoms with Gasteiger partial charge < -0.3 is 5.32 Å². The molecule has 0 aliphatic rings. The number of halogens is 2. The van der Waals surface area contributed by atoms with Gasteiger partial charge in [-0.25, -0.2) is 0 Å². The smallest absolute Gasteiger partial charge is 0.273 e. The average molecular weight is 343 g/mol. The number of hydrogen-bond acceptors (Lipinski definition) is 2. The Morgan fingerprint density at radius 1 is 1.47 bits per heavy atom. The maximum absolute atomic E-state index is 12.2. The zero-order valence-electron chi connectivity index (χ0n) is 10.6. The molecule has 0 fully saturated rings. The van der Waals surface area contributed by atoms with Crippen molar-refractivity contribution in [2.75, 3.05) is 5.32 Å². The Balaban J connectivity index is 2.22. The highest BCUT2D eigenvalue weighted by Crippen LogP contribution is 2.25. The predicted molar refractivity (Wildman–Crippen MR) is 79.7 cm³/mol. The molecule has 2 rings (SSSR count). The highest BCUT2D eigenvalue weighted by atomic mass is 79.9. The van der Waals surface area contributed by atoms with Crippen molar-refractivity contribution in [3.63, 3.8) is 0 Å². The SMILES string of the molecule is CCn1nc(C)cc1C(=O)Nc1ccc(Br)c(Cl)c1. The fraction of sp³-hybridized carbons (Fsp3) is 0.231. The summed E-state index contributed by atoms with van der Waals surface area (Å²) in [5.41, 5.74) is 2.01. The van der Waals surface area contributed by atoms with Gasteiger partial charge in [0, 0.05) is 16.7 Å². The van der Waals surface area contributed by atoms with Crippen LogP contribution in [0.25, 0.3) is 0 Å². The molecule has 2 aromatic rings. The van der Waals surface area contributed by atoms with Crippen molar-refractivity contribution in [2.45, 2.75) is 20.4 Å². The van der Waals surface area contributed by atoms with Crippen molar-refractivity contribution in [3.8, 4) is 0 Å². The molecule has 4 nitrogen and oxygen atoms in total. The fourth-order valence-corrected chi connectivity index (χ4v) is 2.17. The highest BCUT2D eigenvalue weighted by molar-refractivity contribution is 9.10. The van der Waals surface area contributed by atoms with Gasteiger partial charge in [0.05, 0.1) is 10.7 Å². The van der Waals surface area contributed by atoms with Crippen LogP contribution in [0.2, 0.25) is 5.02 Å². The second-order valence-corrected chi connectivity index (χ2v) is 5.33. The van der Waals surface area contributed by atoms with Gasteiger partial charge in [-0.1, -0.05) is 11.6 Å². The zero-order chi connectivity index (χ0) is 14.0. The van der Waals surface area contributed by atoms with Crippen molar-refractivity contribution in [2.24, 2.45) is 0 Å². The molecule has 1 amide bonds. The van der Waals surface area contributed by atoms with E-state index in [1.54, 1.807) is 28.9 Å². The molecule has 0 saturated heterocycles. The van der Waals surface area contributed by atoms with E-state index in [2.05, 4.69) is 26.3 Å². The predicted octanol–water partition coefficient (Wildman–Crippen LogP) is 3.88. The molecule has 0 radical (unpaired) electrons. The Bertz CT molecular complexity index is 624. The lowest BCUT2D eigenvalue weighted by molar-refractivity contribution is 0.101. The summed E-state index contributed by atoms with van der Waals surface area (Å²) >= 11 is 9.30. The molecule has 19 heavy (non-hydrogen) atoms. The van der Waals surface area contributed by atoms with Crippen molar-refractivity contribution in [3.05, 3.63) is 45.1 Å². The first-order valence-electron chi connectivity index (χ1n) is 5.82. The third-order valence-corrected chi connectivity index (χ3v) is 3.84. The van der Waals surface area contributed by atoms with Gasteiger partial charge >= 0.3 is 0 Å². The number of aromatic nitrogens is 2. The van der Waals surface area contributed by atoms with Gasteiger partial charge in [0.25, 0.3) is 5.91 Å². The van der Waals surface area contributed by atoms with Crippen LogP contribution in [0.5, 0.6) is 0 Å². The van der Waals surface area contributed by atoms with Crippen LogP contribution in [0.4, 0.5) is 5.69 Å². The van der Waals surface area contributed by atoms with Crippen LogP contribution in [0.3, 0.4) is 0 Å². The van der Waals surface area contributed by atoms with Gasteiger partial charge in [0.2, 0.25) is 0 Å². The van der Waals surface area contributed by atoms with Crippen LogP contribution in [0, 0.1) is 6.92 Å². The molecule has 0 unspecified atom stereocenters. The van der Waals surface area contributed by atoms with E-state index in [1.807, 2.05) is 13.8 Å². The maximum atomic E-state index is 12.2. The number of carbonyl (C=O) groups excluding carboxylic acids is 1. The minimum Gasteiger partial charge on any atom is -0.321 e. The molecular weight excluding hydrogens is 330 g/mol. The van der Waals surface area contributed by atoms with Crippen molar-refractivity contribution in [1.29, 1.82) is 0 Å². The summed E-state index contributed by atoms with van der Waals surface area (Å²) in [5.74, 6) is -0.194. The summed E-state index contributed by atoms with van der Waals surface area (Å²) in [5, 5.41) is 7.61. The molecule has 0 saturated carbocycles. The Kier molecular flexibility index (Phi) is 4.27. The fourth-order valence-electron chi connectivity index (χ4n) is 1.74. The van der Waals surface area contributed by atoms with E-state index in [0.717, 1.165) is 10.2 Å². The average Bonchev–Trinajstić information content (AvgIpc) is 2.75. The molecule has 0 spiro atoms. The number of anilines is 1. The number of benzene rings is 1. The lowest BCUT2D eigenvalue weighted by Gasteiger charge is -2.07. The molecule has 0 bridgehead atoms. The standard InChI is InChI=1S/C13H13BrClN3O/c1-3-18-12(6-8(2)17-18)13(19)16-9-4-5-10(14)11(15)7-9/h4-7H,3H2,1-2H3,(H,16,19). The van der Waals surface area contributed by atoms with E-state index in [9.17, 15) is 4.79 Å². The van der Waals surface area contributed by atoms with Gasteiger partial charge in [-0.15, -0.1) is 0 Å². The molecular formula is C13H13BrClN3O. The molecule has 1 heterocycles. The number of rotatable bonds is 3. The maximum Gasteiger partial charge on any atom is 0.273 e. The summed E-state index contributed by atoms with van der Waals surface area (Å²) in [7, 11) is 0.